The van der Waals surface area contributed by atoms with Crippen molar-refractivity contribution in [3.05, 3.63) is 24.0 Å². The van der Waals surface area contributed by atoms with Crippen LogP contribution >= 0.6 is 0 Å². The molecule has 2 heterocycles. The minimum absolute atomic E-state index is 0.198. The van der Waals surface area contributed by atoms with Crippen LogP contribution in [0.4, 0.5) is 15.8 Å². The Morgan fingerprint density at radius 3 is 2.94 bits per heavy atom. The second kappa shape index (κ2) is 4.18. The predicted molar refractivity (Wildman–Crippen MR) is 67.6 cm³/mol. The molecule has 92 valence electrons. The van der Waals surface area contributed by atoms with Crippen molar-refractivity contribution in [1.29, 1.82) is 0 Å². The van der Waals surface area contributed by atoms with Gasteiger partial charge in [0.1, 0.15) is 5.82 Å². The van der Waals surface area contributed by atoms with E-state index in [0.29, 0.717) is 17.4 Å². The second-order valence-corrected chi connectivity index (χ2v) is 4.99. The topological polar surface area (TPSA) is 32.5 Å². The molecule has 1 aromatic rings. The van der Waals surface area contributed by atoms with Gasteiger partial charge < -0.3 is 10.6 Å². The Morgan fingerprint density at radius 1 is 1.24 bits per heavy atom. The Labute approximate surface area is 101 Å². The molecule has 0 amide bonds. The highest BCUT2D eigenvalue weighted by molar-refractivity contribution is 5.55. The zero-order valence-electron chi connectivity index (χ0n) is 9.90. The highest BCUT2D eigenvalue weighted by atomic mass is 19.1. The van der Waals surface area contributed by atoms with Crippen molar-refractivity contribution in [1.82, 2.24) is 4.90 Å². The molecule has 0 radical (unpaired) electrons. The highest BCUT2D eigenvalue weighted by Crippen LogP contribution is 2.27. The molecule has 2 N–H and O–H groups in total. The van der Waals surface area contributed by atoms with Gasteiger partial charge in [-0.2, -0.15) is 0 Å². The van der Waals surface area contributed by atoms with Crippen molar-refractivity contribution in [3.8, 4) is 0 Å². The molecule has 0 aliphatic carbocycles. The van der Waals surface area contributed by atoms with Crippen molar-refractivity contribution in [2.75, 3.05) is 36.8 Å². The van der Waals surface area contributed by atoms with Gasteiger partial charge in [0.25, 0.3) is 0 Å². The average Bonchev–Trinajstić information content (AvgIpc) is 2.75. The van der Waals surface area contributed by atoms with Gasteiger partial charge in [0, 0.05) is 31.4 Å². The Balaban J connectivity index is 1.80. The summed E-state index contributed by atoms with van der Waals surface area (Å²) >= 11 is 0. The van der Waals surface area contributed by atoms with E-state index in [9.17, 15) is 4.39 Å². The van der Waals surface area contributed by atoms with E-state index in [4.69, 9.17) is 5.73 Å². The fourth-order valence-electron chi connectivity index (χ4n) is 2.99. The van der Waals surface area contributed by atoms with Crippen LogP contribution in [0.1, 0.15) is 12.8 Å². The van der Waals surface area contributed by atoms with Gasteiger partial charge in [0.15, 0.2) is 0 Å². The fraction of sp³-hybridized carbons (Fsp3) is 0.538. The van der Waals surface area contributed by atoms with Gasteiger partial charge in [-0.3, -0.25) is 4.90 Å². The summed E-state index contributed by atoms with van der Waals surface area (Å²) < 4.78 is 13.8. The smallest absolute Gasteiger partial charge is 0.148 e. The average molecular weight is 235 g/mol. The third kappa shape index (κ3) is 1.97. The standard InChI is InChI=1S/C13H18FN3/c14-12-8-10(15)3-4-13(12)17-7-6-16-5-1-2-11(16)9-17/h3-4,8,11H,1-2,5-7,9,15H2/t11-/m0/s1. The van der Waals surface area contributed by atoms with E-state index in [1.54, 1.807) is 12.1 Å². The SMILES string of the molecule is Nc1ccc(N2CCN3CCC[C@H]3C2)c(F)c1. The Hall–Kier alpha value is -1.29. The molecule has 0 aromatic heterocycles. The van der Waals surface area contributed by atoms with Crippen LogP contribution in [0, 0.1) is 5.82 Å². The maximum Gasteiger partial charge on any atom is 0.148 e. The summed E-state index contributed by atoms with van der Waals surface area (Å²) in [7, 11) is 0. The molecule has 0 saturated carbocycles. The molecule has 3 nitrogen and oxygen atoms in total. The summed E-state index contributed by atoms with van der Waals surface area (Å²) in [6.45, 7) is 4.12. The van der Waals surface area contributed by atoms with Crippen molar-refractivity contribution in [2.45, 2.75) is 18.9 Å². The largest absolute Gasteiger partial charge is 0.399 e. The van der Waals surface area contributed by atoms with Crippen molar-refractivity contribution in [3.63, 3.8) is 0 Å². The molecular weight excluding hydrogens is 217 g/mol. The molecule has 3 rings (SSSR count). The summed E-state index contributed by atoms with van der Waals surface area (Å²) in [6.07, 6.45) is 2.52. The number of rotatable bonds is 1. The van der Waals surface area contributed by atoms with Crippen LogP contribution in [0.3, 0.4) is 0 Å². The van der Waals surface area contributed by atoms with E-state index >= 15 is 0 Å². The number of hydrogen-bond donors (Lipinski definition) is 1. The van der Waals surface area contributed by atoms with Crippen molar-refractivity contribution < 1.29 is 4.39 Å². The lowest BCUT2D eigenvalue weighted by Crippen LogP contribution is -2.50. The number of halogens is 1. The molecule has 4 heteroatoms. The zero-order chi connectivity index (χ0) is 11.8. The zero-order valence-corrected chi connectivity index (χ0v) is 9.90. The molecule has 2 aliphatic heterocycles. The van der Waals surface area contributed by atoms with Gasteiger partial charge in [-0.1, -0.05) is 0 Å². The van der Waals surface area contributed by atoms with Crippen molar-refractivity contribution >= 4 is 11.4 Å². The van der Waals surface area contributed by atoms with Gasteiger partial charge >= 0.3 is 0 Å². The van der Waals surface area contributed by atoms with Crippen LogP contribution < -0.4 is 10.6 Å². The third-order valence-electron chi connectivity index (χ3n) is 3.90. The molecule has 0 spiro atoms. The third-order valence-corrected chi connectivity index (χ3v) is 3.90. The van der Waals surface area contributed by atoms with Crippen LogP contribution in [0.25, 0.3) is 0 Å². The Morgan fingerprint density at radius 2 is 2.12 bits per heavy atom. The molecule has 17 heavy (non-hydrogen) atoms. The molecular formula is C13H18FN3. The number of nitrogen functional groups attached to an aromatic ring is 1. The monoisotopic (exact) mass is 235 g/mol. The number of fused-ring (bicyclic) bond motifs is 1. The van der Waals surface area contributed by atoms with Gasteiger partial charge in [-0.05, 0) is 37.6 Å². The lowest BCUT2D eigenvalue weighted by molar-refractivity contribution is 0.230. The van der Waals surface area contributed by atoms with E-state index in [-0.39, 0.29) is 5.82 Å². The highest BCUT2D eigenvalue weighted by Gasteiger charge is 2.31. The van der Waals surface area contributed by atoms with E-state index in [0.717, 1.165) is 19.6 Å². The van der Waals surface area contributed by atoms with E-state index in [1.807, 2.05) is 0 Å². The van der Waals surface area contributed by atoms with Gasteiger partial charge in [-0.15, -0.1) is 0 Å². The number of benzene rings is 1. The molecule has 0 bridgehead atoms. The minimum Gasteiger partial charge on any atom is -0.399 e. The first-order valence-electron chi connectivity index (χ1n) is 6.28. The number of nitrogens with two attached hydrogens (primary N) is 1. The number of hydrogen-bond acceptors (Lipinski definition) is 3. The molecule has 1 aromatic carbocycles. The van der Waals surface area contributed by atoms with Crippen LogP contribution in [-0.2, 0) is 0 Å². The second-order valence-electron chi connectivity index (χ2n) is 4.99. The normalized spacial score (nSPS) is 25.0. The molecule has 1 atom stereocenters. The summed E-state index contributed by atoms with van der Waals surface area (Å²) in [6, 6.07) is 5.60. The first-order chi connectivity index (χ1) is 8.24. The summed E-state index contributed by atoms with van der Waals surface area (Å²) in [5.74, 6) is -0.198. The number of anilines is 2. The maximum absolute atomic E-state index is 13.8. The van der Waals surface area contributed by atoms with E-state index in [2.05, 4.69) is 9.80 Å². The van der Waals surface area contributed by atoms with E-state index < -0.39 is 0 Å². The molecule has 2 saturated heterocycles. The van der Waals surface area contributed by atoms with Crippen LogP contribution in [0.2, 0.25) is 0 Å². The first-order valence-corrected chi connectivity index (χ1v) is 6.28. The summed E-state index contributed by atoms with van der Waals surface area (Å²) in [5, 5.41) is 0. The number of nitrogens with zero attached hydrogens (tertiary/aromatic N) is 2. The minimum atomic E-state index is -0.198. The Kier molecular flexibility index (Phi) is 2.67. The van der Waals surface area contributed by atoms with Crippen LogP contribution in [0.15, 0.2) is 18.2 Å². The van der Waals surface area contributed by atoms with E-state index in [1.165, 1.54) is 25.5 Å². The summed E-state index contributed by atoms with van der Waals surface area (Å²) in [4.78, 5) is 4.67. The van der Waals surface area contributed by atoms with Crippen LogP contribution in [-0.4, -0.2) is 37.1 Å². The van der Waals surface area contributed by atoms with Gasteiger partial charge in [0.2, 0.25) is 0 Å². The molecule has 2 aliphatic rings. The van der Waals surface area contributed by atoms with Crippen molar-refractivity contribution in [2.24, 2.45) is 0 Å². The molecule has 0 unspecified atom stereocenters. The van der Waals surface area contributed by atoms with Crippen LogP contribution in [0.5, 0.6) is 0 Å². The quantitative estimate of drug-likeness (QED) is 0.752. The fourth-order valence-corrected chi connectivity index (χ4v) is 2.99. The maximum atomic E-state index is 13.8. The van der Waals surface area contributed by atoms with Gasteiger partial charge in [-0.25, -0.2) is 4.39 Å². The molecule has 2 fully saturated rings. The lowest BCUT2D eigenvalue weighted by atomic mass is 10.1. The number of piperazine rings is 1. The summed E-state index contributed by atoms with van der Waals surface area (Å²) in [5.41, 5.74) is 6.77. The lowest BCUT2D eigenvalue weighted by Gasteiger charge is -2.38. The first kappa shape index (κ1) is 10.8. The van der Waals surface area contributed by atoms with Gasteiger partial charge in [0.05, 0.1) is 5.69 Å². The Bertz CT molecular complexity index is 421. The predicted octanol–water partition coefficient (Wildman–Crippen LogP) is 1.69.